The zero-order chi connectivity index (χ0) is 20.3. The van der Waals surface area contributed by atoms with Crippen LogP contribution in [0.5, 0.6) is 0 Å². The third-order valence-electron chi connectivity index (χ3n) is 5.45. The highest BCUT2D eigenvalue weighted by Gasteiger charge is 2.31. The van der Waals surface area contributed by atoms with Crippen molar-refractivity contribution >= 4 is 15.9 Å². The Morgan fingerprint density at radius 1 is 1.14 bits per heavy atom. The molecule has 1 atom stereocenters. The molecule has 1 amide bonds. The molecule has 6 heteroatoms. The van der Waals surface area contributed by atoms with E-state index in [2.05, 4.69) is 0 Å². The Kier molecular flexibility index (Phi) is 6.20. The number of hydrogen-bond donors (Lipinski definition) is 0. The van der Waals surface area contributed by atoms with Crippen molar-refractivity contribution < 1.29 is 13.2 Å². The van der Waals surface area contributed by atoms with Gasteiger partial charge in [0.2, 0.25) is 10.0 Å². The molecule has 0 saturated carbocycles. The van der Waals surface area contributed by atoms with Crippen LogP contribution in [0.3, 0.4) is 0 Å². The number of sulfonamides is 1. The van der Waals surface area contributed by atoms with Crippen LogP contribution in [0.4, 0.5) is 0 Å². The van der Waals surface area contributed by atoms with Gasteiger partial charge < -0.3 is 4.90 Å². The molecule has 3 rings (SSSR count). The predicted octanol–water partition coefficient (Wildman–Crippen LogP) is 3.83. The lowest BCUT2D eigenvalue weighted by molar-refractivity contribution is 0.0784. The number of hydrogen-bond acceptors (Lipinski definition) is 3. The minimum Gasteiger partial charge on any atom is -0.337 e. The molecule has 5 nitrogen and oxygen atoms in total. The summed E-state index contributed by atoms with van der Waals surface area (Å²) in [5.74, 6) is -0.188. The van der Waals surface area contributed by atoms with Crippen molar-refractivity contribution in [2.75, 3.05) is 13.6 Å². The Morgan fingerprint density at radius 3 is 2.61 bits per heavy atom. The van der Waals surface area contributed by atoms with Crippen molar-refractivity contribution in [2.45, 2.75) is 50.6 Å². The van der Waals surface area contributed by atoms with Gasteiger partial charge in [-0.15, -0.1) is 0 Å². The van der Waals surface area contributed by atoms with Crippen LogP contribution in [0.25, 0.3) is 0 Å². The van der Waals surface area contributed by atoms with Crippen molar-refractivity contribution in [1.29, 1.82) is 0 Å². The van der Waals surface area contributed by atoms with Gasteiger partial charge in [0, 0.05) is 31.7 Å². The standard InChI is InChI=1S/C22H28N2O3S/c1-17-9-4-5-11-20(17)16-23(3)22(25)19-12-8-13-21(15-19)28(26,27)24-14-7-6-10-18(24)2/h4-5,8-9,11-13,15,18H,6-7,10,14,16H2,1-3H3/t18-/m1/s1. The van der Waals surface area contributed by atoms with Crippen molar-refractivity contribution in [1.82, 2.24) is 9.21 Å². The molecule has 150 valence electrons. The molecule has 1 aliphatic heterocycles. The second kappa shape index (κ2) is 8.45. The van der Waals surface area contributed by atoms with Crippen LogP contribution in [-0.2, 0) is 16.6 Å². The largest absolute Gasteiger partial charge is 0.337 e. The number of rotatable bonds is 5. The van der Waals surface area contributed by atoms with Crippen LogP contribution in [0.1, 0.15) is 47.7 Å². The summed E-state index contributed by atoms with van der Waals surface area (Å²) in [7, 11) is -1.86. The van der Waals surface area contributed by atoms with E-state index in [0.717, 1.165) is 30.4 Å². The fourth-order valence-corrected chi connectivity index (χ4v) is 5.43. The molecule has 28 heavy (non-hydrogen) atoms. The van der Waals surface area contributed by atoms with Crippen LogP contribution >= 0.6 is 0 Å². The molecule has 0 aliphatic carbocycles. The molecule has 2 aromatic carbocycles. The van der Waals surface area contributed by atoms with Crippen molar-refractivity contribution in [3.63, 3.8) is 0 Å². The number of nitrogens with zero attached hydrogens (tertiary/aromatic N) is 2. The summed E-state index contributed by atoms with van der Waals surface area (Å²) in [6, 6.07) is 14.3. The third kappa shape index (κ3) is 4.28. The number of carbonyl (C=O) groups is 1. The lowest BCUT2D eigenvalue weighted by Crippen LogP contribution is -2.42. The molecule has 0 radical (unpaired) electrons. The summed E-state index contributed by atoms with van der Waals surface area (Å²) in [6.07, 6.45) is 2.80. The van der Waals surface area contributed by atoms with Gasteiger partial charge in [-0.2, -0.15) is 4.31 Å². The normalized spacial score (nSPS) is 18.0. The first kappa shape index (κ1) is 20.6. The van der Waals surface area contributed by atoms with E-state index >= 15 is 0 Å². The van der Waals surface area contributed by atoms with E-state index in [9.17, 15) is 13.2 Å². The summed E-state index contributed by atoms with van der Waals surface area (Å²) < 4.78 is 27.7. The minimum atomic E-state index is -3.60. The molecule has 2 aromatic rings. The third-order valence-corrected chi connectivity index (χ3v) is 7.45. The second-order valence-corrected chi connectivity index (χ2v) is 9.47. The lowest BCUT2D eigenvalue weighted by atomic mass is 10.1. The van der Waals surface area contributed by atoms with Gasteiger partial charge in [0.25, 0.3) is 5.91 Å². The first-order valence-electron chi connectivity index (χ1n) is 9.72. The van der Waals surface area contributed by atoms with Crippen molar-refractivity contribution in [3.05, 3.63) is 65.2 Å². The predicted molar refractivity (Wildman–Crippen MR) is 111 cm³/mol. The van der Waals surface area contributed by atoms with Gasteiger partial charge in [-0.3, -0.25) is 4.79 Å². The number of aryl methyl sites for hydroxylation is 1. The average Bonchev–Trinajstić information content (AvgIpc) is 2.69. The van der Waals surface area contributed by atoms with Crippen molar-refractivity contribution in [3.8, 4) is 0 Å². The molecule has 0 bridgehead atoms. The van der Waals surface area contributed by atoms with Gasteiger partial charge in [-0.25, -0.2) is 8.42 Å². The maximum absolute atomic E-state index is 13.1. The summed E-state index contributed by atoms with van der Waals surface area (Å²) in [6.45, 7) is 4.98. The van der Waals surface area contributed by atoms with Crippen LogP contribution < -0.4 is 0 Å². The van der Waals surface area contributed by atoms with Crippen LogP contribution in [-0.4, -0.2) is 43.2 Å². The lowest BCUT2D eigenvalue weighted by Gasteiger charge is -2.32. The van der Waals surface area contributed by atoms with E-state index < -0.39 is 10.0 Å². The van der Waals surface area contributed by atoms with E-state index in [1.165, 1.54) is 6.07 Å². The summed E-state index contributed by atoms with van der Waals surface area (Å²) in [4.78, 5) is 14.7. The molecule has 0 unspecified atom stereocenters. The van der Waals surface area contributed by atoms with Gasteiger partial charge in [0.1, 0.15) is 0 Å². The Hall–Kier alpha value is -2.18. The van der Waals surface area contributed by atoms with E-state index in [4.69, 9.17) is 0 Å². The van der Waals surface area contributed by atoms with Crippen LogP contribution in [0.15, 0.2) is 53.4 Å². The van der Waals surface area contributed by atoms with Gasteiger partial charge in [-0.05, 0) is 56.0 Å². The maximum atomic E-state index is 13.1. The SMILES string of the molecule is Cc1ccccc1CN(C)C(=O)c1cccc(S(=O)(=O)N2CCCC[C@H]2C)c1. The first-order valence-corrected chi connectivity index (χ1v) is 11.2. The number of amides is 1. The summed E-state index contributed by atoms with van der Waals surface area (Å²) in [5, 5.41) is 0. The fraction of sp³-hybridized carbons (Fsp3) is 0.409. The van der Waals surface area contributed by atoms with Crippen LogP contribution in [0.2, 0.25) is 0 Å². The quantitative estimate of drug-likeness (QED) is 0.766. The Balaban J connectivity index is 1.82. The summed E-state index contributed by atoms with van der Waals surface area (Å²) in [5.41, 5.74) is 2.59. The molecule has 1 heterocycles. The molecule has 1 saturated heterocycles. The van der Waals surface area contributed by atoms with Crippen molar-refractivity contribution in [2.24, 2.45) is 0 Å². The molecule has 0 N–H and O–H groups in total. The first-order chi connectivity index (χ1) is 13.3. The van der Waals surface area contributed by atoms with Gasteiger partial charge in [0.15, 0.2) is 0 Å². The molecular weight excluding hydrogens is 372 g/mol. The highest BCUT2D eigenvalue weighted by Crippen LogP contribution is 2.26. The highest BCUT2D eigenvalue weighted by molar-refractivity contribution is 7.89. The number of benzene rings is 2. The average molecular weight is 401 g/mol. The van der Waals surface area contributed by atoms with Crippen LogP contribution in [0, 0.1) is 6.92 Å². The highest BCUT2D eigenvalue weighted by atomic mass is 32.2. The molecule has 0 spiro atoms. The molecule has 0 aromatic heterocycles. The smallest absolute Gasteiger partial charge is 0.253 e. The zero-order valence-electron chi connectivity index (χ0n) is 16.8. The van der Waals surface area contributed by atoms with Gasteiger partial charge in [-0.1, -0.05) is 36.8 Å². The zero-order valence-corrected chi connectivity index (χ0v) is 17.6. The molecular formula is C22H28N2O3S. The van der Waals surface area contributed by atoms with Gasteiger partial charge >= 0.3 is 0 Å². The molecule has 1 aliphatic rings. The second-order valence-electron chi connectivity index (χ2n) is 7.58. The fourth-order valence-electron chi connectivity index (χ4n) is 3.69. The van der Waals surface area contributed by atoms with E-state index in [1.807, 2.05) is 38.1 Å². The van der Waals surface area contributed by atoms with E-state index in [0.29, 0.717) is 18.7 Å². The topological polar surface area (TPSA) is 57.7 Å². The maximum Gasteiger partial charge on any atom is 0.253 e. The molecule has 1 fully saturated rings. The number of carbonyl (C=O) groups excluding carboxylic acids is 1. The Morgan fingerprint density at radius 2 is 1.89 bits per heavy atom. The monoisotopic (exact) mass is 400 g/mol. The van der Waals surface area contributed by atoms with Gasteiger partial charge in [0.05, 0.1) is 4.90 Å². The Labute approximate surface area is 168 Å². The summed E-state index contributed by atoms with van der Waals surface area (Å²) >= 11 is 0. The Bertz CT molecular complexity index is 956. The van der Waals surface area contributed by atoms with E-state index in [1.54, 1.807) is 34.5 Å². The minimum absolute atomic E-state index is 0.0122. The number of piperidine rings is 1. The van der Waals surface area contributed by atoms with E-state index in [-0.39, 0.29) is 16.8 Å².